The van der Waals surface area contributed by atoms with Crippen molar-refractivity contribution in [2.45, 2.75) is 19.3 Å². The number of hydrogen-bond donors (Lipinski definition) is 2. The van der Waals surface area contributed by atoms with Crippen LogP contribution < -0.4 is 10.9 Å². The number of hydrazine groups is 1. The molecule has 6 nitrogen and oxygen atoms in total. The van der Waals surface area contributed by atoms with Crippen molar-refractivity contribution in [2.24, 2.45) is 0 Å². The van der Waals surface area contributed by atoms with Gasteiger partial charge in [-0.15, -0.1) is 0 Å². The Labute approximate surface area is 133 Å². The smallest absolute Gasteiger partial charge is 0.306 e. The average molecular weight is 314 g/mol. The van der Waals surface area contributed by atoms with Gasteiger partial charge in [-0.25, -0.2) is 0 Å². The maximum atomic E-state index is 11.9. The lowest BCUT2D eigenvalue weighted by molar-refractivity contribution is -0.142. The Morgan fingerprint density at radius 1 is 0.913 bits per heavy atom. The van der Waals surface area contributed by atoms with Crippen molar-refractivity contribution >= 4 is 28.6 Å². The first-order chi connectivity index (χ1) is 11.1. The molecular weight excluding hydrogens is 296 g/mol. The molecule has 0 bridgehead atoms. The second kappa shape index (κ2) is 7.93. The molecule has 0 aromatic heterocycles. The molecule has 0 heterocycles. The van der Waals surface area contributed by atoms with Gasteiger partial charge in [0.1, 0.15) is 0 Å². The van der Waals surface area contributed by atoms with Crippen molar-refractivity contribution in [1.82, 2.24) is 10.9 Å². The summed E-state index contributed by atoms with van der Waals surface area (Å²) in [4.78, 5) is 34.4. The van der Waals surface area contributed by atoms with Crippen LogP contribution in [0.25, 0.3) is 10.8 Å². The summed E-state index contributed by atoms with van der Waals surface area (Å²) in [5.74, 6) is -1.24. The van der Waals surface area contributed by atoms with E-state index >= 15 is 0 Å². The van der Waals surface area contributed by atoms with Crippen LogP contribution in [0.15, 0.2) is 42.5 Å². The van der Waals surface area contributed by atoms with E-state index in [9.17, 15) is 14.4 Å². The highest BCUT2D eigenvalue weighted by molar-refractivity contribution is 5.91. The molecule has 0 spiro atoms. The number of carbonyl (C=O) groups is 3. The molecule has 0 saturated heterocycles. The fourth-order valence-electron chi connectivity index (χ4n) is 2.18. The maximum Gasteiger partial charge on any atom is 0.306 e. The standard InChI is InChI=1S/C17H18N2O4/c1-23-17(22)10-9-15(20)18-19-16(21)11-13-7-4-6-12-5-2-3-8-14(12)13/h2-8H,9-11H2,1H3,(H,18,20)(H,19,21). The molecule has 0 radical (unpaired) electrons. The number of methoxy groups -OCH3 is 1. The molecule has 0 atom stereocenters. The zero-order chi connectivity index (χ0) is 16.7. The van der Waals surface area contributed by atoms with Crippen LogP contribution in [0, 0.1) is 0 Å². The summed E-state index contributed by atoms with van der Waals surface area (Å²) in [5, 5.41) is 2.06. The Kier molecular flexibility index (Phi) is 5.68. The van der Waals surface area contributed by atoms with Crippen LogP contribution in [0.1, 0.15) is 18.4 Å². The SMILES string of the molecule is COC(=O)CCC(=O)NNC(=O)Cc1cccc2ccccc12. The van der Waals surface area contributed by atoms with Crippen LogP contribution in [0.2, 0.25) is 0 Å². The van der Waals surface area contributed by atoms with Crippen LogP contribution in [0.3, 0.4) is 0 Å². The second-order valence-electron chi connectivity index (χ2n) is 4.99. The fourth-order valence-corrected chi connectivity index (χ4v) is 2.18. The number of nitrogens with one attached hydrogen (secondary N) is 2. The monoisotopic (exact) mass is 314 g/mol. The van der Waals surface area contributed by atoms with Crippen LogP contribution in [0.4, 0.5) is 0 Å². The van der Waals surface area contributed by atoms with Gasteiger partial charge < -0.3 is 4.74 Å². The van der Waals surface area contributed by atoms with Gasteiger partial charge in [0.25, 0.3) is 0 Å². The summed E-state index contributed by atoms with van der Waals surface area (Å²) in [6.45, 7) is 0. The van der Waals surface area contributed by atoms with Gasteiger partial charge in [0.2, 0.25) is 11.8 Å². The van der Waals surface area contributed by atoms with Crippen molar-refractivity contribution in [3.05, 3.63) is 48.0 Å². The number of hydrogen-bond acceptors (Lipinski definition) is 4. The van der Waals surface area contributed by atoms with E-state index in [1.165, 1.54) is 7.11 Å². The summed E-state index contributed by atoms with van der Waals surface area (Å²) in [5.41, 5.74) is 5.51. The minimum absolute atomic E-state index is 0.0263. The maximum absolute atomic E-state index is 11.9. The zero-order valence-electron chi connectivity index (χ0n) is 12.8. The van der Waals surface area contributed by atoms with Crippen molar-refractivity contribution in [1.29, 1.82) is 0 Å². The summed E-state index contributed by atoms with van der Waals surface area (Å²) in [7, 11) is 1.26. The van der Waals surface area contributed by atoms with Gasteiger partial charge in [0, 0.05) is 6.42 Å². The quantitative estimate of drug-likeness (QED) is 0.647. The lowest BCUT2D eigenvalue weighted by Gasteiger charge is -2.09. The summed E-state index contributed by atoms with van der Waals surface area (Å²) < 4.78 is 4.44. The molecule has 2 aromatic carbocycles. The number of rotatable bonds is 5. The van der Waals surface area contributed by atoms with Crippen LogP contribution in [-0.2, 0) is 25.5 Å². The Balaban J connectivity index is 1.87. The Bertz CT molecular complexity index is 722. The van der Waals surface area contributed by atoms with Gasteiger partial charge in [-0.05, 0) is 16.3 Å². The predicted octanol–water partition coefficient (Wildman–Crippen LogP) is 1.48. The summed E-state index contributed by atoms with van der Waals surface area (Å²) in [6, 6.07) is 13.5. The molecule has 0 fully saturated rings. The molecule has 0 unspecified atom stereocenters. The molecule has 2 rings (SSSR count). The predicted molar refractivity (Wildman–Crippen MR) is 85.2 cm³/mol. The molecule has 0 aliphatic rings. The van der Waals surface area contributed by atoms with Crippen molar-refractivity contribution in [2.75, 3.05) is 7.11 Å². The van der Waals surface area contributed by atoms with E-state index in [4.69, 9.17) is 0 Å². The third kappa shape index (κ3) is 4.81. The molecule has 23 heavy (non-hydrogen) atoms. The van der Waals surface area contributed by atoms with E-state index in [0.717, 1.165) is 16.3 Å². The van der Waals surface area contributed by atoms with E-state index in [0.29, 0.717) is 0 Å². The molecule has 2 N–H and O–H groups in total. The van der Waals surface area contributed by atoms with E-state index in [1.807, 2.05) is 42.5 Å². The average Bonchev–Trinajstić information content (AvgIpc) is 2.58. The van der Waals surface area contributed by atoms with Crippen LogP contribution in [-0.4, -0.2) is 24.9 Å². The number of ether oxygens (including phenoxy) is 1. The van der Waals surface area contributed by atoms with E-state index in [1.54, 1.807) is 0 Å². The largest absolute Gasteiger partial charge is 0.469 e. The highest BCUT2D eigenvalue weighted by Gasteiger charge is 2.10. The van der Waals surface area contributed by atoms with Crippen LogP contribution in [0.5, 0.6) is 0 Å². The van der Waals surface area contributed by atoms with Gasteiger partial charge in [-0.2, -0.15) is 0 Å². The highest BCUT2D eigenvalue weighted by atomic mass is 16.5. The molecule has 0 aliphatic heterocycles. The van der Waals surface area contributed by atoms with Crippen molar-refractivity contribution in [3.63, 3.8) is 0 Å². The third-order valence-electron chi connectivity index (χ3n) is 3.36. The normalized spacial score (nSPS) is 10.1. The highest BCUT2D eigenvalue weighted by Crippen LogP contribution is 2.18. The Morgan fingerprint density at radius 3 is 2.39 bits per heavy atom. The van der Waals surface area contributed by atoms with Gasteiger partial charge in [0.05, 0.1) is 20.0 Å². The first-order valence-electron chi connectivity index (χ1n) is 7.21. The van der Waals surface area contributed by atoms with Crippen molar-refractivity contribution < 1.29 is 19.1 Å². The van der Waals surface area contributed by atoms with Gasteiger partial charge in [-0.1, -0.05) is 42.5 Å². The number of benzene rings is 2. The lowest BCUT2D eigenvalue weighted by atomic mass is 10.0. The minimum atomic E-state index is -0.470. The summed E-state index contributed by atoms with van der Waals surface area (Å²) >= 11 is 0. The molecule has 120 valence electrons. The van der Waals surface area contributed by atoms with E-state index in [2.05, 4.69) is 15.6 Å². The first-order valence-corrected chi connectivity index (χ1v) is 7.21. The topological polar surface area (TPSA) is 84.5 Å². The summed E-state index contributed by atoms with van der Waals surface area (Å²) in [6.07, 6.45) is 0.0847. The van der Waals surface area contributed by atoms with E-state index in [-0.39, 0.29) is 25.2 Å². The third-order valence-corrected chi connectivity index (χ3v) is 3.36. The number of esters is 1. The van der Waals surface area contributed by atoms with Gasteiger partial charge >= 0.3 is 5.97 Å². The molecule has 0 aliphatic carbocycles. The molecule has 6 heteroatoms. The fraction of sp³-hybridized carbons (Fsp3) is 0.235. The number of fused-ring (bicyclic) bond motifs is 1. The zero-order valence-corrected chi connectivity index (χ0v) is 12.8. The number of amides is 2. The first kappa shape index (κ1) is 16.5. The molecule has 2 aromatic rings. The minimum Gasteiger partial charge on any atom is -0.469 e. The van der Waals surface area contributed by atoms with Crippen molar-refractivity contribution in [3.8, 4) is 0 Å². The van der Waals surface area contributed by atoms with Crippen LogP contribution >= 0.6 is 0 Å². The van der Waals surface area contributed by atoms with Gasteiger partial charge in [-0.3, -0.25) is 25.2 Å². The molecule has 0 saturated carbocycles. The second-order valence-corrected chi connectivity index (χ2v) is 4.99. The molecule has 2 amide bonds. The lowest BCUT2D eigenvalue weighted by Crippen LogP contribution is -2.42. The Hall–Kier alpha value is -2.89. The van der Waals surface area contributed by atoms with E-state index < -0.39 is 11.9 Å². The Morgan fingerprint density at radius 2 is 1.61 bits per heavy atom. The molecular formula is C17H18N2O4. The number of carbonyl (C=O) groups excluding carboxylic acids is 3. The van der Waals surface area contributed by atoms with Gasteiger partial charge in [0.15, 0.2) is 0 Å².